The van der Waals surface area contributed by atoms with Gasteiger partial charge in [-0.15, -0.1) is 0 Å². The number of rotatable bonds is 10. The molecule has 19 heteroatoms. The molecular weight excluding hydrogens is 805 g/mol. The molecule has 322 valence electrons. The Morgan fingerprint density at radius 1 is 0.695 bits per heavy atom. The summed E-state index contributed by atoms with van der Waals surface area (Å²) in [5.74, 6) is 1.58. The monoisotopic (exact) mass is 858 g/mol. The number of aromatic nitrogens is 4. The van der Waals surface area contributed by atoms with Crippen LogP contribution >= 0.6 is 0 Å². The SMILES string of the molecule is CC(C)(C)OC(=O)N1CCC(OCc2nc(-c3ccc(S(C)(=O)=O)cc3)no2)CC1.CS(=O)c1ccc(-c2noc(COC3CCN(C(=O)OC(C)(C)C)CC3)n2)cc1. The zero-order valence-electron chi connectivity index (χ0n) is 34.8. The molecular formula is C40H54N6O11S2. The van der Waals surface area contributed by atoms with Crippen molar-refractivity contribution in [1.82, 2.24) is 30.1 Å². The van der Waals surface area contributed by atoms with Crippen LogP contribution in [0.2, 0.25) is 0 Å². The third kappa shape index (κ3) is 14.2. The summed E-state index contributed by atoms with van der Waals surface area (Å²) in [6.07, 6.45) is 5.10. The van der Waals surface area contributed by atoms with Gasteiger partial charge in [-0.1, -0.05) is 10.3 Å². The second kappa shape index (κ2) is 19.6. The second-order valence-corrected chi connectivity index (χ2v) is 19.6. The normalized spacial score (nSPS) is 16.3. The largest absolute Gasteiger partial charge is 0.444 e. The summed E-state index contributed by atoms with van der Waals surface area (Å²) >= 11 is 0. The third-order valence-electron chi connectivity index (χ3n) is 8.99. The van der Waals surface area contributed by atoms with Crippen molar-refractivity contribution < 1.29 is 50.2 Å². The number of hydrogen-bond acceptors (Lipinski definition) is 15. The van der Waals surface area contributed by atoms with Crippen LogP contribution in [0.5, 0.6) is 0 Å². The lowest BCUT2D eigenvalue weighted by molar-refractivity contribution is -0.0237. The summed E-state index contributed by atoms with van der Waals surface area (Å²) in [6.45, 7) is 13.9. The Bertz CT molecular complexity index is 2130. The molecule has 1 atom stereocenters. The van der Waals surface area contributed by atoms with E-state index in [2.05, 4.69) is 20.3 Å². The van der Waals surface area contributed by atoms with E-state index in [0.717, 1.165) is 29.6 Å². The first-order chi connectivity index (χ1) is 27.7. The van der Waals surface area contributed by atoms with Gasteiger partial charge in [-0.3, -0.25) is 4.21 Å². The molecule has 0 aliphatic carbocycles. The number of carbonyl (C=O) groups is 2. The van der Waals surface area contributed by atoms with Gasteiger partial charge in [0.2, 0.25) is 11.6 Å². The van der Waals surface area contributed by atoms with Gasteiger partial charge in [0, 0.05) is 65.5 Å². The van der Waals surface area contributed by atoms with E-state index in [-0.39, 0.29) is 42.5 Å². The van der Waals surface area contributed by atoms with Crippen molar-refractivity contribution in [3.05, 3.63) is 60.3 Å². The van der Waals surface area contributed by atoms with Crippen LogP contribution in [0.4, 0.5) is 9.59 Å². The number of sulfone groups is 1. The molecule has 6 rings (SSSR count). The van der Waals surface area contributed by atoms with Gasteiger partial charge >= 0.3 is 12.2 Å². The quantitative estimate of drug-likeness (QED) is 0.168. The molecule has 0 bridgehead atoms. The Morgan fingerprint density at radius 2 is 1.07 bits per heavy atom. The van der Waals surface area contributed by atoms with E-state index >= 15 is 0 Å². The van der Waals surface area contributed by atoms with E-state index in [1.807, 2.05) is 53.7 Å². The molecule has 2 fully saturated rings. The third-order valence-corrected chi connectivity index (χ3v) is 11.1. The molecule has 17 nitrogen and oxygen atoms in total. The zero-order chi connectivity index (χ0) is 43.0. The van der Waals surface area contributed by atoms with Crippen molar-refractivity contribution >= 4 is 32.8 Å². The topological polar surface area (TPSA) is 207 Å². The number of ether oxygens (including phenoxy) is 4. The van der Waals surface area contributed by atoms with Crippen LogP contribution in [0.15, 0.2) is 67.4 Å². The van der Waals surface area contributed by atoms with Crippen LogP contribution < -0.4 is 0 Å². The number of likely N-dealkylation sites (tertiary alicyclic amines) is 2. The second-order valence-electron chi connectivity index (χ2n) is 16.3. The highest BCUT2D eigenvalue weighted by Crippen LogP contribution is 2.23. The smallest absolute Gasteiger partial charge is 0.410 e. The molecule has 2 aromatic carbocycles. The van der Waals surface area contributed by atoms with E-state index in [1.165, 1.54) is 12.1 Å². The number of amides is 2. The van der Waals surface area contributed by atoms with E-state index in [4.69, 9.17) is 28.0 Å². The van der Waals surface area contributed by atoms with E-state index < -0.39 is 31.8 Å². The van der Waals surface area contributed by atoms with Gasteiger partial charge in [-0.2, -0.15) is 9.97 Å². The van der Waals surface area contributed by atoms with Crippen molar-refractivity contribution in [3.63, 3.8) is 0 Å². The van der Waals surface area contributed by atoms with Crippen LogP contribution in [-0.2, 0) is 52.8 Å². The molecule has 2 saturated heterocycles. The van der Waals surface area contributed by atoms with E-state index in [0.29, 0.717) is 68.0 Å². The minimum absolute atomic E-state index is 0.00641. The first-order valence-electron chi connectivity index (χ1n) is 19.3. The van der Waals surface area contributed by atoms with Gasteiger partial charge in [0.15, 0.2) is 9.84 Å². The minimum Gasteiger partial charge on any atom is -0.444 e. The summed E-state index contributed by atoms with van der Waals surface area (Å²) in [6, 6.07) is 13.5. The number of piperidine rings is 2. The highest BCUT2D eigenvalue weighted by molar-refractivity contribution is 7.90. The van der Waals surface area contributed by atoms with Crippen LogP contribution in [0.3, 0.4) is 0 Å². The average Bonchev–Trinajstić information content (AvgIpc) is 3.86. The fourth-order valence-electron chi connectivity index (χ4n) is 5.95. The Hall–Kier alpha value is -4.72. The maximum Gasteiger partial charge on any atom is 0.410 e. The zero-order valence-corrected chi connectivity index (χ0v) is 36.5. The number of carbonyl (C=O) groups excluding carboxylic acids is 2. The summed E-state index contributed by atoms with van der Waals surface area (Å²) in [5.41, 5.74) is 0.446. The number of hydrogen-bond donors (Lipinski definition) is 0. The standard InChI is InChI=1S/C20H27N3O6S.C20H27N3O5S/c1-20(2,3)28-19(24)23-11-9-15(10-12-23)27-13-17-21-18(22-29-17)14-5-7-16(8-6-14)30(4,25)26;1-20(2,3)27-19(24)23-11-9-15(10-12-23)26-13-17-21-18(22-28-17)14-5-7-16(8-6-14)29(4)25/h5-8,15H,9-13H2,1-4H3;5-8,15H,9-13H2,1-4H3. The molecule has 4 heterocycles. The molecule has 0 spiro atoms. The predicted octanol–water partition coefficient (Wildman–Crippen LogP) is 6.45. The molecule has 1 unspecified atom stereocenters. The minimum atomic E-state index is -3.25. The predicted molar refractivity (Wildman–Crippen MR) is 216 cm³/mol. The molecule has 59 heavy (non-hydrogen) atoms. The molecule has 0 radical (unpaired) electrons. The van der Waals surface area contributed by atoms with Crippen molar-refractivity contribution in [3.8, 4) is 22.8 Å². The van der Waals surface area contributed by atoms with Crippen molar-refractivity contribution in [1.29, 1.82) is 0 Å². The molecule has 2 amide bonds. The lowest BCUT2D eigenvalue weighted by Gasteiger charge is -2.33. The lowest BCUT2D eigenvalue weighted by atomic mass is 10.1. The highest BCUT2D eigenvalue weighted by atomic mass is 32.2. The molecule has 2 aromatic heterocycles. The first kappa shape index (κ1) is 45.4. The van der Waals surface area contributed by atoms with Gasteiger partial charge in [0.05, 0.1) is 17.1 Å². The van der Waals surface area contributed by atoms with Crippen molar-refractivity contribution in [2.24, 2.45) is 0 Å². The van der Waals surface area contributed by atoms with Gasteiger partial charge in [-0.05, 0) is 116 Å². The number of nitrogens with zero attached hydrogens (tertiary/aromatic N) is 6. The highest BCUT2D eigenvalue weighted by Gasteiger charge is 2.29. The van der Waals surface area contributed by atoms with E-state index in [9.17, 15) is 22.2 Å². The maximum absolute atomic E-state index is 12.1. The Balaban J connectivity index is 0.000000224. The Labute approximate surface area is 347 Å². The Kier molecular flexibility index (Phi) is 15.0. The van der Waals surface area contributed by atoms with Crippen LogP contribution in [-0.4, -0.2) is 117 Å². The van der Waals surface area contributed by atoms with Crippen LogP contribution in [0.1, 0.15) is 79.0 Å². The average molecular weight is 859 g/mol. The maximum atomic E-state index is 12.1. The number of benzene rings is 2. The fourth-order valence-corrected chi connectivity index (χ4v) is 7.10. The van der Waals surface area contributed by atoms with Gasteiger partial charge in [0.25, 0.3) is 11.8 Å². The van der Waals surface area contributed by atoms with Gasteiger partial charge < -0.3 is 37.8 Å². The van der Waals surface area contributed by atoms with Crippen molar-refractivity contribution in [2.45, 2.75) is 114 Å². The molecule has 0 N–H and O–H groups in total. The van der Waals surface area contributed by atoms with Gasteiger partial charge in [-0.25, -0.2) is 18.0 Å². The fraction of sp³-hybridized carbons (Fsp3) is 0.550. The van der Waals surface area contributed by atoms with Crippen LogP contribution in [0.25, 0.3) is 22.8 Å². The molecule has 2 aliphatic rings. The van der Waals surface area contributed by atoms with Crippen LogP contribution in [0, 0.1) is 0 Å². The Morgan fingerprint density at radius 3 is 1.41 bits per heavy atom. The lowest BCUT2D eigenvalue weighted by Crippen LogP contribution is -2.43. The molecule has 4 aromatic rings. The summed E-state index contributed by atoms with van der Waals surface area (Å²) in [7, 11) is -4.27. The molecule has 0 saturated carbocycles. The molecule has 2 aliphatic heterocycles. The summed E-state index contributed by atoms with van der Waals surface area (Å²) in [4.78, 5) is 37.3. The van der Waals surface area contributed by atoms with E-state index in [1.54, 1.807) is 40.3 Å². The summed E-state index contributed by atoms with van der Waals surface area (Å²) < 4.78 is 67.6. The van der Waals surface area contributed by atoms with Gasteiger partial charge in [0.1, 0.15) is 24.4 Å². The first-order valence-corrected chi connectivity index (χ1v) is 22.8. The van der Waals surface area contributed by atoms with Crippen molar-refractivity contribution in [2.75, 3.05) is 38.7 Å². The summed E-state index contributed by atoms with van der Waals surface area (Å²) in [5, 5.41) is 7.91.